The first-order valence-corrected chi connectivity index (χ1v) is 5.32. The number of hydrogen-bond acceptors (Lipinski definition) is 2. The highest BCUT2D eigenvalue weighted by Gasteiger charge is 2.10. The fourth-order valence-corrected chi connectivity index (χ4v) is 1.57. The second-order valence-electron chi connectivity index (χ2n) is 3.75. The van der Waals surface area contributed by atoms with Crippen LogP contribution in [0.1, 0.15) is 32.9 Å². The van der Waals surface area contributed by atoms with E-state index in [1.807, 2.05) is 12.1 Å². The highest BCUT2D eigenvalue weighted by molar-refractivity contribution is 5.73. The molecule has 0 atom stereocenters. The van der Waals surface area contributed by atoms with Gasteiger partial charge in [-0.3, -0.25) is 9.98 Å². The molecule has 0 saturated carbocycles. The average Bonchev–Trinajstić information content (AvgIpc) is 2.25. The molecule has 0 aliphatic rings. The number of rotatable bonds is 4. The van der Waals surface area contributed by atoms with Gasteiger partial charge in [0.2, 0.25) is 0 Å². The van der Waals surface area contributed by atoms with Gasteiger partial charge in [-0.1, -0.05) is 26.8 Å². The first kappa shape index (κ1) is 11.6. The van der Waals surface area contributed by atoms with Crippen LogP contribution in [-0.2, 0) is 0 Å². The van der Waals surface area contributed by atoms with Gasteiger partial charge in [-0.15, -0.1) is 0 Å². The Morgan fingerprint density at radius 2 is 2.33 bits per heavy atom. The highest BCUT2D eigenvalue weighted by Crippen LogP contribution is 2.29. The molecule has 1 rings (SSSR count). The van der Waals surface area contributed by atoms with Crippen molar-refractivity contribution in [1.82, 2.24) is 4.98 Å². The topological polar surface area (TPSA) is 25.2 Å². The van der Waals surface area contributed by atoms with Gasteiger partial charge in [0, 0.05) is 6.20 Å². The highest BCUT2D eigenvalue weighted by atomic mass is 14.8. The van der Waals surface area contributed by atoms with E-state index in [0.717, 1.165) is 17.8 Å². The van der Waals surface area contributed by atoms with Gasteiger partial charge in [-0.2, -0.15) is 0 Å². The predicted molar refractivity (Wildman–Crippen MR) is 66.6 cm³/mol. The van der Waals surface area contributed by atoms with Crippen LogP contribution in [0.3, 0.4) is 0 Å². The van der Waals surface area contributed by atoms with Crippen LogP contribution in [0.15, 0.2) is 29.4 Å². The molecule has 0 saturated heterocycles. The van der Waals surface area contributed by atoms with Crippen LogP contribution < -0.4 is 0 Å². The van der Waals surface area contributed by atoms with Crippen molar-refractivity contribution in [3.8, 4) is 0 Å². The van der Waals surface area contributed by atoms with Crippen molar-refractivity contribution in [3.05, 3.63) is 30.1 Å². The molecule has 0 radical (unpaired) electrons. The van der Waals surface area contributed by atoms with Gasteiger partial charge in [0.1, 0.15) is 0 Å². The Kier molecular flexibility index (Phi) is 4.22. The molecule has 0 spiro atoms. The van der Waals surface area contributed by atoms with Gasteiger partial charge < -0.3 is 0 Å². The Balaban J connectivity index is 3.22. The lowest BCUT2D eigenvalue weighted by Gasteiger charge is -2.12. The number of pyridine rings is 1. The molecule has 0 N–H and O–H groups in total. The van der Waals surface area contributed by atoms with Crippen molar-refractivity contribution in [2.75, 3.05) is 0 Å². The Morgan fingerprint density at radius 1 is 1.60 bits per heavy atom. The van der Waals surface area contributed by atoms with E-state index in [0.29, 0.717) is 5.92 Å². The van der Waals surface area contributed by atoms with Crippen LogP contribution in [0.2, 0.25) is 0 Å². The molecule has 15 heavy (non-hydrogen) atoms. The van der Waals surface area contributed by atoms with E-state index >= 15 is 0 Å². The van der Waals surface area contributed by atoms with Gasteiger partial charge in [0.05, 0.1) is 11.4 Å². The fraction of sp³-hybridized carbons (Fsp3) is 0.385. The minimum absolute atomic E-state index is 0.459. The van der Waals surface area contributed by atoms with E-state index in [9.17, 15) is 0 Å². The molecule has 0 aromatic carbocycles. The monoisotopic (exact) mass is 202 g/mol. The van der Waals surface area contributed by atoms with Crippen molar-refractivity contribution in [2.24, 2.45) is 10.9 Å². The standard InChI is InChI=1S/C13H18N2/c1-5-7-11(10(2)3)13-12(14-4)8-6-9-15-13/h6-10H,4-5H2,1-3H3/b11-7-. The summed E-state index contributed by atoms with van der Waals surface area (Å²) in [6.07, 6.45) is 5.03. The van der Waals surface area contributed by atoms with Gasteiger partial charge in [0.15, 0.2) is 0 Å². The Hall–Kier alpha value is -1.44. The maximum Gasteiger partial charge on any atom is 0.0917 e. The molecule has 1 aromatic rings. The summed E-state index contributed by atoms with van der Waals surface area (Å²) >= 11 is 0. The number of aromatic nitrogens is 1. The Morgan fingerprint density at radius 3 is 2.87 bits per heavy atom. The Bertz CT molecular complexity index is 365. The van der Waals surface area contributed by atoms with Crippen LogP contribution in [0.5, 0.6) is 0 Å². The van der Waals surface area contributed by atoms with Gasteiger partial charge in [0.25, 0.3) is 0 Å². The zero-order valence-corrected chi connectivity index (χ0v) is 9.70. The summed E-state index contributed by atoms with van der Waals surface area (Å²) in [6, 6.07) is 3.83. The quantitative estimate of drug-likeness (QED) is 0.680. The third-order valence-corrected chi connectivity index (χ3v) is 2.28. The van der Waals surface area contributed by atoms with Crippen LogP contribution in [-0.4, -0.2) is 11.7 Å². The molecule has 0 fully saturated rings. The van der Waals surface area contributed by atoms with Crippen molar-refractivity contribution in [3.63, 3.8) is 0 Å². The van der Waals surface area contributed by atoms with Gasteiger partial charge in [-0.25, -0.2) is 0 Å². The maximum atomic E-state index is 4.39. The zero-order chi connectivity index (χ0) is 11.3. The summed E-state index contributed by atoms with van der Waals surface area (Å²) < 4.78 is 0. The lowest BCUT2D eigenvalue weighted by Crippen LogP contribution is -1.97. The first-order valence-electron chi connectivity index (χ1n) is 5.32. The van der Waals surface area contributed by atoms with Crippen LogP contribution >= 0.6 is 0 Å². The summed E-state index contributed by atoms with van der Waals surface area (Å²) in [7, 11) is 0. The molecular weight excluding hydrogens is 184 g/mol. The summed E-state index contributed by atoms with van der Waals surface area (Å²) in [5.41, 5.74) is 3.08. The van der Waals surface area contributed by atoms with Crippen molar-refractivity contribution in [1.29, 1.82) is 0 Å². The van der Waals surface area contributed by atoms with Crippen LogP contribution in [0.25, 0.3) is 5.57 Å². The van der Waals surface area contributed by atoms with Crippen molar-refractivity contribution >= 4 is 18.0 Å². The second kappa shape index (κ2) is 5.44. The number of nitrogens with zero attached hydrogens (tertiary/aromatic N) is 2. The number of hydrogen-bond donors (Lipinski definition) is 0. The number of allylic oxidation sites excluding steroid dienone is 2. The molecular formula is C13H18N2. The Labute approximate surface area is 91.8 Å². The predicted octanol–water partition coefficient (Wildman–Crippen LogP) is 3.86. The third-order valence-electron chi connectivity index (χ3n) is 2.28. The molecule has 2 heteroatoms. The zero-order valence-electron chi connectivity index (χ0n) is 9.70. The van der Waals surface area contributed by atoms with Crippen LogP contribution in [0, 0.1) is 5.92 Å². The van der Waals surface area contributed by atoms with E-state index in [1.165, 1.54) is 5.57 Å². The third kappa shape index (κ3) is 2.75. The smallest absolute Gasteiger partial charge is 0.0917 e. The summed E-state index contributed by atoms with van der Waals surface area (Å²) in [5.74, 6) is 0.459. The minimum Gasteiger partial charge on any atom is -0.262 e. The van der Waals surface area contributed by atoms with E-state index in [4.69, 9.17) is 0 Å². The fourth-order valence-electron chi connectivity index (χ4n) is 1.57. The van der Waals surface area contributed by atoms with Gasteiger partial charge in [-0.05, 0) is 36.8 Å². The summed E-state index contributed by atoms with van der Waals surface area (Å²) in [5, 5.41) is 0. The lowest BCUT2D eigenvalue weighted by molar-refractivity contribution is 0.843. The van der Waals surface area contributed by atoms with E-state index in [-0.39, 0.29) is 0 Å². The molecule has 80 valence electrons. The summed E-state index contributed by atoms with van der Waals surface area (Å²) in [4.78, 5) is 8.39. The van der Waals surface area contributed by atoms with Crippen molar-refractivity contribution < 1.29 is 0 Å². The normalized spacial score (nSPS) is 11.9. The maximum absolute atomic E-state index is 4.39. The molecule has 2 nitrogen and oxygen atoms in total. The molecule has 0 bridgehead atoms. The first-order chi connectivity index (χ1) is 7.20. The van der Waals surface area contributed by atoms with E-state index in [2.05, 4.69) is 43.5 Å². The average molecular weight is 202 g/mol. The lowest BCUT2D eigenvalue weighted by atomic mass is 9.97. The van der Waals surface area contributed by atoms with Crippen molar-refractivity contribution in [2.45, 2.75) is 27.2 Å². The largest absolute Gasteiger partial charge is 0.262 e. The molecule has 0 unspecified atom stereocenters. The number of aliphatic imine (C=N–C) groups is 1. The molecule has 0 aliphatic heterocycles. The minimum atomic E-state index is 0.459. The molecule has 1 aromatic heterocycles. The molecule has 0 amide bonds. The van der Waals surface area contributed by atoms with Gasteiger partial charge >= 0.3 is 0 Å². The SMILES string of the molecule is C=Nc1cccnc1/C(=C\CC)C(C)C. The second-order valence-corrected chi connectivity index (χ2v) is 3.75. The van der Waals surface area contributed by atoms with E-state index < -0.39 is 0 Å². The summed E-state index contributed by atoms with van der Waals surface area (Å²) in [6.45, 7) is 10.0. The molecule has 1 heterocycles. The van der Waals surface area contributed by atoms with Crippen LogP contribution in [0.4, 0.5) is 5.69 Å². The molecule has 0 aliphatic carbocycles. The van der Waals surface area contributed by atoms with E-state index in [1.54, 1.807) is 6.20 Å².